The Morgan fingerprint density at radius 1 is 1.00 bits per heavy atom. The summed E-state index contributed by atoms with van der Waals surface area (Å²) < 4.78 is 0. The summed E-state index contributed by atoms with van der Waals surface area (Å²) in [4.78, 5) is 2.24. The predicted octanol–water partition coefficient (Wildman–Crippen LogP) is 1.82. The van der Waals surface area contributed by atoms with Crippen molar-refractivity contribution < 1.29 is 0 Å². The van der Waals surface area contributed by atoms with Crippen molar-refractivity contribution in [3.63, 3.8) is 0 Å². The first-order valence-corrected chi connectivity index (χ1v) is 4.10. The van der Waals surface area contributed by atoms with Crippen molar-refractivity contribution in [2.45, 2.75) is 25.7 Å². The zero-order valence-corrected chi connectivity index (χ0v) is 6.49. The van der Waals surface area contributed by atoms with Crippen molar-refractivity contribution in [1.29, 1.82) is 0 Å². The zero-order valence-electron chi connectivity index (χ0n) is 5.68. The zero-order chi connectivity index (χ0) is 6.53. The average molecular weight is 143 g/mol. The van der Waals surface area contributed by atoms with Gasteiger partial charge in [-0.15, -0.1) is 0 Å². The molecule has 0 aromatic carbocycles. The Hall–Kier alpha value is -0.110. The summed E-state index contributed by atoms with van der Waals surface area (Å²) in [5.41, 5.74) is 1.80. The Kier molecular flexibility index (Phi) is 2.98. The lowest BCUT2D eigenvalue weighted by Crippen LogP contribution is -2.21. The first-order chi connectivity index (χ1) is 4.43. The third-order valence-electron chi connectivity index (χ3n) is 1.79. The Balaban J connectivity index is 2.26. The monoisotopic (exact) mass is 143 g/mol. The molecule has 0 spiro atoms. The third kappa shape index (κ3) is 2.31. The number of likely N-dealkylation sites (tertiary alicyclic amines) is 1. The minimum atomic E-state index is 1.18. The lowest BCUT2D eigenvalue weighted by Gasteiger charge is -2.14. The van der Waals surface area contributed by atoms with E-state index in [-0.39, 0.29) is 0 Å². The summed E-state index contributed by atoms with van der Waals surface area (Å²) in [7, 11) is 0. The van der Waals surface area contributed by atoms with Crippen LogP contribution in [-0.4, -0.2) is 23.5 Å². The van der Waals surface area contributed by atoms with Gasteiger partial charge in [-0.3, -0.25) is 0 Å². The van der Waals surface area contributed by atoms with Crippen molar-refractivity contribution >= 4 is 17.7 Å². The van der Waals surface area contributed by atoms with Gasteiger partial charge >= 0.3 is 0 Å². The Morgan fingerprint density at radius 2 is 1.56 bits per heavy atom. The molecule has 9 heavy (non-hydrogen) atoms. The van der Waals surface area contributed by atoms with Crippen LogP contribution < -0.4 is 0 Å². The van der Waals surface area contributed by atoms with Crippen molar-refractivity contribution in [2.24, 2.45) is 0 Å². The van der Waals surface area contributed by atoms with Crippen LogP contribution in [0.15, 0.2) is 0 Å². The molecule has 1 rings (SSSR count). The molecule has 1 nitrogen and oxygen atoms in total. The van der Waals surface area contributed by atoms with Crippen molar-refractivity contribution in [3.05, 3.63) is 0 Å². The van der Waals surface area contributed by atoms with E-state index < -0.39 is 0 Å². The van der Waals surface area contributed by atoms with Crippen molar-refractivity contribution in [1.82, 2.24) is 4.90 Å². The summed E-state index contributed by atoms with van der Waals surface area (Å²) in [5, 5.41) is 0. The van der Waals surface area contributed by atoms with Crippen molar-refractivity contribution in [3.8, 4) is 0 Å². The van der Waals surface area contributed by atoms with E-state index in [2.05, 4.69) is 4.90 Å². The molecular weight excluding hydrogens is 130 g/mol. The fourth-order valence-corrected chi connectivity index (χ4v) is 1.41. The molecule has 0 aromatic heterocycles. The smallest absolute Gasteiger partial charge is 0.0640 e. The minimum absolute atomic E-state index is 1.18. The molecule has 1 aliphatic heterocycles. The molecule has 1 heterocycles. The number of nitrogens with zero attached hydrogens (tertiary/aromatic N) is 1. The maximum absolute atomic E-state index is 4.83. The molecule has 0 atom stereocenters. The largest absolute Gasteiger partial charge is 0.369 e. The highest BCUT2D eigenvalue weighted by Gasteiger charge is 2.02. The SMILES string of the molecule is S=CN1CCCCCC1. The second kappa shape index (κ2) is 3.83. The molecule has 1 aliphatic rings. The third-order valence-corrected chi connectivity index (χ3v) is 2.09. The van der Waals surface area contributed by atoms with Gasteiger partial charge in [0, 0.05) is 13.1 Å². The van der Waals surface area contributed by atoms with E-state index in [1.54, 1.807) is 5.49 Å². The Labute approximate surface area is 62.0 Å². The van der Waals surface area contributed by atoms with Gasteiger partial charge in [0.15, 0.2) is 0 Å². The maximum atomic E-state index is 4.83. The molecule has 0 amide bonds. The van der Waals surface area contributed by atoms with Gasteiger partial charge in [-0.05, 0) is 12.8 Å². The lowest BCUT2D eigenvalue weighted by atomic mass is 10.2. The van der Waals surface area contributed by atoms with E-state index in [0.29, 0.717) is 0 Å². The quantitative estimate of drug-likeness (QED) is 0.515. The molecule has 0 unspecified atom stereocenters. The van der Waals surface area contributed by atoms with Crippen LogP contribution in [0.5, 0.6) is 0 Å². The summed E-state index contributed by atoms with van der Waals surface area (Å²) >= 11 is 4.83. The maximum Gasteiger partial charge on any atom is 0.0640 e. The average Bonchev–Trinajstić information content (AvgIpc) is 2.13. The molecule has 0 saturated carbocycles. The topological polar surface area (TPSA) is 3.24 Å². The normalized spacial score (nSPS) is 21.1. The van der Waals surface area contributed by atoms with Crippen LogP contribution in [-0.2, 0) is 0 Å². The highest BCUT2D eigenvalue weighted by molar-refractivity contribution is 7.78. The molecule has 0 aromatic rings. The second-order valence-corrected chi connectivity index (χ2v) is 2.77. The number of hydrogen-bond acceptors (Lipinski definition) is 1. The molecule has 2 heteroatoms. The summed E-state index contributed by atoms with van der Waals surface area (Å²) in [6.07, 6.45) is 5.43. The fraction of sp³-hybridized carbons (Fsp3) is 0.857. The molecule has 0 bridgehead atoms. The summed E-state index contributed by atoms with van der Waals surface area (Å²) in [6.45, 7) is 2.37. The van der Waals surface area contributed by atoms with Gasteiger partial charge in [0.2, 0.25) is 0 Å². The van der Waals surface area contributed by atoms with Crippen LogP contribution in [0.25, 0.3) is 0 Å². The molecule has 52 valence electrons. The molecule has 0 radical (unpaired) electrons. The van der Waals surface area contributed by atoms with Crippen LogP contribution in [0.4, 0.5) is 0 Å². The van der Waals surface area contributed by atoms with Gasteiger partial charge < -0.3 is 4.90 Å². The van der Waals surface area contributed by atoms with Crippen LogP contribution in [0.1, 0.15) is 25.7 Å². The summed E-state index contributed by atoms with van der Waals surface area (Å²) in [6, 6.07) is 0. The predicted molar refractivity (Wildman–Crippen MR) is 43.7 cm³/mol. The van der Waals surface area contributed by atoms with E-state index in [9.17, 15) is 0 Å². The first kappa shape index (κ1) is 7.00. The van der Waals surface area contributed by atoms with Crippen LogP contribution >= 0.6 is 12.2 Å². The Bertz CT molecular complexity index is 84.9. The van der Waals surface area contributed by atoms with Gasteiger partial charge in [-0.1, -0.05) is 25.1 Å². The van der Waals surface area contributed by atoms with Gasteiger partial charge in [-0.25, -0.2) is 0 Å². The molecular formula is C7H13NS. The Morgan fingerprint density at radius 3 is 2.00 bits per heavy atom. The fourth-order valence-electron chi connectivity index (χ4n) is 1.20. The van der Waals surface area contributed by atoms with Crippen molar-refractivity contribution in [2.75, 3.05) is 13.1 Å². The minimum Gasteiger partial charge on any atom is -0.369 e. The van der Waals surface area contributed by atoms with Gasteiger partial charge in [0.25, 0.3) is 0 Å². The van der Waals surface area contributed by atoms with Gasteiger partial charge in [-0.2, -0.15) is 0 Å². The molecule has 0 aliphatic carbocycles. The lowest BCUT2D eigenvalue weighted by molar-refractivity contribution is 0.454. The van der Waals surface area contributed by atoms with E-state index in [4.69, 9.17) is 12.2 Å². The van der Waals surface area contributed by atoms with E-state index in [0.717, 1.165) is 0 Å². The molecule has 0 N–H and O–H groups in total. The number of rotatable bonds is 1. The highest BCUT2D eigenvalue weighted by Crippen LogP contribution is 2.07. The number of hydrogen-bond donors (Lipinski definition) is 0. The first-order valence-electron chi connectivity index (χ1n) is 3.63. The standard InChI is InChI=1S/C7H13NS/c9-7-8-5-3-1-2-4-6-8/h7H,1-6H2. The van der Waals surface area contributed by atoms with Crippen LogP contribution in [0, 0.1) is 0 Å². The molecule has 1 fully saturated rings. The van der Waals surface area contributed by atoms with E-state index in [1.807, 2.05) is 0 Å². The van der Waals surface area contributed by atoms with Gasteiger partial charge in [0.1, 0.15) is 0 Å². The van der Waals surface area contributed by atoms with Gasteiger partial charge in [0.05, 0.1) is 5.49 Å². The summed E-state index contributed by atoms with van der Waals surface area (Å²) in [5.74, 6) is 0. The van der Waals surface area contributed by atoms with Crippen LogP contribution in [0.2, 0.25) is 0 Å². The highest BCUT2D eigenvalue weighted by atomic mass is 32.1. The number of thiocarbonyl (C=S) groups is 1. The second-order valence-electron chi connectivity index (χ2n) is 2.56. The van der Waals surface area contributed by atoms with E-state index >= 15 is 0 Å². The van der Waals surface area contributed by atoms with E-state index in [1.165, 1.54) is 38.8 Å². The van der Waals surface area contributed by atoms with Crippen LogP contribution in [0.3, 0.4) is 0 Å². The molecule has 1 saturated heterocycles.